The third-order valence-electron chi connectivity index (χ3n) is 2.12. The molecule has 1 heterocycles. The molecule has 1 aliphatic rings. The van der Waals surface area contributed by atoms with E-state index < -0.39 is 0 Å². The van der Waals surface area contributed by atoms with Crippen LogP contribution in [0.3, 0.4) is 0 Å². The summed E-state index contributed by atoms with van der Waals surface area (Å²) in [6.07, 6.45) is 0.376. The fraction of sp³-hybridized carbons (Fsp3) is 1.00. The Balaban J connectivity index is 2.49. The van der Waals surface area contributed by atoms with Gasteiger partial charge in [0, 0.05) is 14.2 Å². The second-order valence-corrected chi connectivity index (χ2v) is 4.42. The minimum absolute atomic E-state index is 0.176. The molecule has 0 N–H and O–H groups in total. The lowest BCUT2D eigenvalue weighted by atomic mass is 9.94. The monoisotopic (exact) mass is 284 g/mol. The maximum atomic E-state index is 5.66. The first kappa shape index (κ1) is 10.8. The first-order valence-electron chi connectivity index (χ1n) is 4.02. The summed E-state index contributed by atoms with van der Waals surface area (Å²) in [5.41, 5.74) is 0. The molecule has 1 saturated heterocycles. The van der Waals surface area contributed by atoms with Crippen LogP contribution in [0.15, 0.2) is 0 Å². The molecule has 5 heteroatoms. The Morgan fingerprint density at radius 1 is 1.50 bits per heavy atom. The van der Waals surface area contributed by atoms with Gasteiger partial charge < -0.3 is 14.2 Å². The van der Waals surface area contributed by atoms with Gasteiger partial charge in [0.2, 0.25) is 0 Å². The van der Waals surface area contributed by atoms with Crippen molar-refractivity contribution in [3.8, 4) is 0 Å². The van der Waals surface area contributed by atoms with E-state index in [9.17, 15) is 0 Å². The summed E-state index contributed by atoms with van der Waals surface area (Å²) in [4.78, 5) is 0. The lowest BCUT2D eigenvalue weighted by Gasteiger charge is -2.15. The molecule has 0 aromatic carbocycles. The molecular formula is C7H14BIO3. The van der Waals surface area contributed by atoms with Crippen molar-refractivity contribution >= 4 is 30.4 Å². The number of ether oxygens (including phenoxy) is 3. The van der Waals surface area contributed by atoms with E-state index in [1.165, 1.54) is 0 Å². The van der Waals surface area contributed by atoms with Crippen LogP contribution in [-0.2, 0) is 14.2 Å². The average molecular weight is 284 g/mol. The normalized spacial score (nSPS) is 41.9. The van der Waals surface area contributed by atoms with Gasteiger partial charge in [0.25, 0.3) is 0 Å². The molecule has 0 saturated carbocycles. The topological polar surface area (TPSA) is 27.7 Å². The van der Waals surface area contributed by atoms with Crippen molar-refractivity contribution in [3.63, 3.8) is 0 Å². The second kappa shape index (κ2) is 4.78. The van der Waals surface area contributed by atoms with Crippen molar-refractivity contribution in [1.82, 2.24) is 0 Å². The summed E-state index contributed by atoms with van der Waals surface area (Å²) in [5, 5.41) is 0. The van der Waals surface area contributed by atoms with Gasteiger partial charge in [0.15, 0.2) is 0 Å². The smallest absolute Gasteiger partial charge is 0.142 e. The van der Waals surface area contributed by atoms with Crippen molar-refractivity contribution in [3.05, 3.63) is 0 Å². The van der Waals surface area contributed by atoms with Gasteiger partial charge in [0.1, 0.15) is 7.85 Å². The average Bonchev–Trinajstić information content (AvgIpc) is 2.29. The van der Waals surface area contributed by atoms with Crippen molar-refractivity contribution in [2.24, 2.45) is 0 Å². The summed E-state index contributed by atoms with van der Waals surface area (Å²) >= 11 is 2.36. The zero-order chi connectivity index (χ0) is 9.14. The van der Waals surface area contributed by atoms with Gasteiger partial charge >= 0.3 is 0 Å². The van der Waals surface area contributed by atoms with Crippen LogP contribution in [0.2, 0.25) is 0 Å². The largest absolute Gasteiger partial charge is 0.382 e. The summed E-state index contributed by atoms with van der Waals surface area (Å²) in [6, 6.07) is 0.178. The zero-order valence-electron chi connectivity index (χ0n) is 7.62. The van der Waals surface area contributed by atoms with Gasteiger partial charge in [0.05, 0.1) is 28.7 Å². The molecule has 1 aliphatic heterocycles. The van der Waals surface area contributed by atoms with Crippen molar-refractivity contribution in [2.75, 3.05) is 20.8 Å². The van der Waals surface area contributed by atoms with Crippen LogP contribution in [0.4, 0.5) is 0 Å². The molecule has 0 aliphatic carbocycles. The number of rotatable bonds is 3. The third kappa shape index (κ3) is 2.13. The molecule has 70 valence electrons. The molecular weight excluding hydrogens is 270 g/mol. The standard InChI is InChI=1S/C7H14BIO3/c1-10-3-4-5(9)6(11-2)7(8)12-4/h4-7H,3,8H2,1-2H3/t4-,5-,6-,7-/m1/s1. The second-order valence-electron chi connectivity index (χ2n) is 2.98. The van der Waals surface area contributed by atoms with E-state index in [1.807, 2.05) is 7.85 Å². The molecule has 0 spiro atoms. The minimum atomic E-state index is 0.176. The molecule has 3 nitrogen and oxygen atoms in total. The van der Waals surface area contributed by atoms with E-state index in [4.69, 9.17) is 14.2 Å². The molecule has 4 atom stereocenters. The number of hydrogen-bond donors (Lipinski definition) is 0. The Labute approximate surface area is 87.7 Å². The summed E-state index contributed by atoms with van der Waals surface area (Å²) in [5.74, 6) is 0. The van der Waals surface area contributed by atoms with Crippen LogP contribution < -0.4 is 0 Å². The molecule has 0 unspecified atom stereocenters. The van der Waals surface area contributed by atoms with Crippen LogP contribution in [0.25, 0.3) is 0 Å². The lowest BCUT2D eigenvalue weighted by molar-refractivity contribution is 0.0114. The van der Waals surface area contributed by atoms with E-state index in [0.29, 0.717) is 10.5 Å². The molecule has 0 bridgehead atoms. The Morgan fingerprint density at radius 2 is 2.17 bits per heavy atom. The summed E-state index contributed by atoms with van der Waals surface area (Å²) in [7, 11) is 5.46. The van der Waals surface area contributed by atoms with E-state index in [-0.39, 0.29) is 18.2 Å². The summed E-state index contributed by atoms with van der Waals surface area (Å²) < 4.78 is 16.4. The lowest BCUT2D eigenvalue weighted by Crippen LogP contribution is -2.31. The number of methoxy groups -OCH3 is 2. The fourth-order valence-electron chi connectivity index (χ4n) is 1.52. The Kier molecular flexibility index (Phi) is 4.29. The SMILES string of the molecule is B[C@@H]1O[C@H](COC)[C@@H](I)[C@H]1OC. The highest BCUT2D eigenvalue weighted by Crippen LogP contribution is 2.28. The maximum Gasteiger partial charge on any atom is 0.142 e. The van der Waals surface area contributed by atoms with Crippen LogP contribution >= 0.6 is 22.6 Å². The maximum absolute atomic E-state index is 5.66. The highest BCUT2D eigenvalue weighted by atomic mass is 127. The highest BCUT2D eigenvalue weighted by molar-refractivity contribution is 14.1. The van der Waals surface area contributed by atoms with Gasteiger partial charge in [-0.15, -0.1) is 0 Å². The zero-order valence-corrected chi connectivity index (χ0v) is 9.78. The molecule has 1 rings (SSSR count). The van der Waals surface area contributed by atoms with Crippen molar-refractivity contribution in [2.45, 2.75) is 22.1 Å². The minimum Gasteiger partial charge on any atom is -0.382 e. The van der Waals surface area contributed by atoms with Gasteiger partial charge in [-0.25, -0.2) is 0 Å². The van der Waals surface area contributed by atoms with Crippen molar-refractivity contribution in [1.29, 1.82) is 0 Å². The van der Waals surface area contributed by atoms with Crippen LogP contribution in [-0.4, -0.2) is 50.8 Å². The molecule has 12 heavy (non-hydrogen) atoms. The Morgan fingerprint density at radius 3 is 2.58 bits per heavy atom. The quantitative estimate of drug-likeness (QED) is 0.408. The predicted molar refractivity (Wildman–Crippen MR) is 57.7 cm³/mol. The van der Waals surface area contributed by atoms with Gasteiger partial charge in [-0.2, -0.15) is 0 Å². The van der Waals surface area contributed by atoms with Gasteiger partial charge in [-0.1, -0.05) is 22.6 Å². The van der Waals surface area contributed by atoms with E-state index in [1.54, 1.807) is 14.2 Å². The van der Waals surface area contributed by atoms with Crippen LogP contribution in [0, 0.1) is 0 Å². The van der Waals surface area contributed by atoms with Gasteiger partial charge in [-0.3, -0.25) is 0 Å². The molecule has 0 amide bonds. The van der Waals surface area contributed by atoms with E-state index >= 15 is 0 Å². The Bertz CT molecular complexity index is 147. The first-order valence-corrected chi connectivity index (χ1v) is 5.26. The predicted octanol–water partition coefficient (Wildman–Crippen LogP) is -0.191. The van der Waals surface area contributed by atoms with Crippen LogP contribution in [0.5, 0.6) is 0 Å². The molecule has 1 fully saturated rings. The molecule has 0 radical (unpaired) electrons. The van der Waals surface area contributed by atoms with Gasteiger partial charge in [-0.05, 0) is 0 Å². The Hall–Kier alpha value is 0.675. The van der Waals surface area contributed by atoms with E-state index in [0.717, 1.165) is 0 Å². The fourth-order valence-corrected chi connectivity index (χ4v) is 2.77. The van der Waals surface area contributed by atoms with Crippen molar-refractivity contribution < 1.29 is 14.2 Å². The summed E-state index contributed by atoms with van der Waals surface area (Å²) in [6.45, 7) is 0.651. The number of hydrogen-bond acceptors (Lipinski definition) is 3. The van der Waals surface area contributed by atoms with E-state index in [2.05, 4.69) is 22.6 Å². The number of alkyl halides is 1. The third-order valence-corrected chi connectivity index (χ3v) is 3.64. The van der Waals surface area contributed by atoms with Crippen LogP contribution in [0.1, 0.15) is 0 Å². The first-order chi connectivity index (χ1) is 5.70. The highest BCUT2D eigenvalue weighted by Gasteiger charge is 2.40. The molecule has 0 aromatic rings. The molecule has 0 aromatic heterocycles. The number of halogens is 1.